The second-order valence-electron chi connectivity index (χ2n) is 6.95. The summed E-state index contributed by atoms with van der Waals surface area (Å²) in [6.07, 6.45) is 1.29. The second-order valence-corrected chi connectivity index (χ2v) is 6.95. The molecule has 3 nitrogen and oxygen atoms in total. The van der Waals surface area contributed by atoms with Crippen LogP contribution in [0.5, 0.6) is 0 Å². The lowest BCUT2D eigenvalue weighted by atomic mass is 9.72. The Hall–Kier alpha value is -3.12. The summed E-state index contributed by atoms with van der Waals surface area (Å²) in [5.41, 5.74) is 5.43. The average Bonchev–Trinajstić information content (AvgIpc) is 2.68. The van der Waals surface area contributed by atoms with Crippen molar-refractivity contribution in [3.8, 4) is 6.07 Å². The highest BCUT2D eigenvalue weighted by molar-refractivity contribution is 6.00. The predicted molar refractivity (Wildman–Crippen MR) is 101 cm³/mol. The minimum Gasteiger partial charge on any atom is -0.361 e. The van der Waals surface area contributed by atoms with Gasteiger partial charge in [-0.3, -0.25) is 4.79 Å². The van der Waals surface area contributed by atoms with Gasteiger partial charge in [-0.2, -0.15) is 5.26 Å². The van der Waals surface area contributed by atoms with E-state index in [0.29, 0.717) is 12.0 Å². The van der Waals surface area contributed by atoms with E-state index < -0.39 is 0 Å². The van der Waals surface area contributed by atoms with Crippen molar-refractivity contribution in [2.75, 3.05) is 0 Å². The van der Waals surface area contributed by atoms with Crippen LogP contribution in [0.4, 0.5) is 0 Å². The van der Waals surface area contributed by atoms with Crippen LogP contribution in [0, 0.1) is 11.3 Å². The fourth-order valence-electron chi connectivity index (χ4n) is 4.13. The number of carbonyl (C=O) groups excluding carboxylic acids is 1. The normalized spacial score (nSPS) is 22.5. The van der Waals surface area contributed by atoms with Gasteiger partial charge in [-0.1, -0.05) is 60.7 Å². The molecule has 2 aromatic carbocycles. The number of carbonyl (C=O) groups is 1. The molecule has 0 aromatic heterocycles. The third kappa shape index (κ3) is 2.74. The van der Waals surface area contributed by atoms with E-state index in [2.05, 4.69) is 23.5 Å². The van der Waals surface area contributed by atoms with E-state index in [9.17, 15) is 10.1 Å². The molecule has 2 atom stereocenters. The van der Waals surface area contributed by atoms with Crippen molar-refractivity contribution >= 4 is 5.78 Å². The minimum atomic E-state index is -0.262. The first-order chi connectivity index (χ1) is 12.7. The summed E-state index contributed by atoms with van der Waals surface area (Å²) < 4.78 is 0. The van der Waals surface area contributed by atoms with Crippen LogP contribution in [0.15, 0.2) is 83.2 Å². The molecule has 1 N–H and O–H groups in total. The molecule has 3 heteroatoms. The quantitative estimate of drug-likeness (QED) is 0.871. The monoisotopic (exact) mass is 340 g/mol. The highest BCUT2D eigenvalue weighted by Crippen LogP contribution is 2.44. The van der Waals surface area contributed by atoms with Gasteiger partial charge in [0, 0.05) is 23.4 Å². The Morgan fingerprint density at radius 1 is 0.962 bits per heavy atom. The summed E-state index contributed by atoms with van der Waals surface area (Å²) in [5, 5.41) is 13.1. The molecular weight excluding hydrogens is 320 g/mol. The highest BCUT2D eigenvalue weighted by Gasteiger charge is 2.38. The van der Waals surface area contributed by atoms with Gasteiger partial charge in [-0.05, 0) is 30.4 Å². The molecule has 1 heterocycles. The maximum absolute atomic E-state index is 13.1. The molecule has 128 valence electrons. The first kappa shape index (κ1) is 16.4. The second kappa shape index (κ2) is 6.65. The zero-order valence-electron chi connectivity index (χ0n) is 14.7. The van der Waals surface area contributed by atoms with Crippen molar-refractivity contribution in [1.82, 2.24) is 5.32 Å². The third-order valence-corrected chi connectivity index (χ3v) is 5.35. The van der Waals surface area contributed by atoms with Crippen LogP contribution in [0.2, 0.25) is 0 Å². The molecule has 0 saturated heterocycles. The third-order valence-electron chi connectivity index (χ3n) is 5.35. The van der Waals surface area contributed by atoms with Crippen LogP contribution in [0.25, 0.3) is 0 Å². The van der Waals surface area contributed by atoms with Crippen LogP contribution in [-0.2, 0) is 4.79 Å². The topological polar surface area (TPSA) is 52.9 Å². The summed E-state index contributed by atoms with van der Waals surface area (Å²) in [6.45, 7) is 1.93. The summed E-state index contributed by atoms with van der Waals surface area (Å²) in [5.74, 6) is 0.0613. The number of benzene rings is 2. The number of nitrogens with one attached hydrogen (secondary N) is 1. The van der Waals surface area contributed by atoms with Gasteiger partial charge < -0.3 is 5.32 Å². The Labute approximate surface area is 153 Å². The van der Waals surface area contributed by atoms with Crippen molar-refractivity contribution < 1.29 is 4.79 Å². The van der Waals surface area contributed by atoms with Crippen molar-refractivity contribution in [2.24, 2.45) is 0 Å². The Morgan fingerprint density at radius 2 is 1.58 bits per heavy atom. The molecule has 0 saturated carbocycles. The van der Waals surface area contributed by atoms with E-state index in [4.69, 9.17) is 0 Å². The smallest absolute Gasteiger partial charge is 0.162 e. The van der Waals surface area contributed by atoms with E-state index in [1.165, 1.54) is 5.56 Å². The van der Waals surface area contributed by atoms with Crippen molar-refractivity contribution in [3.05, 3.63) is 94.3 Å². The van der Waals surface area contributed by atoms with E-state index in [0.717, 1.165) is 29.0 Å². The van der Waals surface area contributed by atoms with Crippen molar-refractivity contribution in [2.45, 2.75) is 31.6 Å². The van der Waals surface area contributed by atoms with Crippen LogP contribution in [0.1, 0.15) is 42.7 Å². The molecule has 2 aliphatic rings. The lowest BCUT2D eigenvalue weighted by molar-refractivity contribution is -0.116. The number of nitriles is 1. The molecule has 0 radical (unpaired) electrons. The van der Waals surface area contributed by atoms with Gasteiger partial charge in [0.25, 0.3) is 0 Å². The molecule has 4 rings (SSSR count). The van der Waals surface area contributed by atoms with Crippen molar-refractivity contribution in [3.63, 3.8) is 0 Å². The van der Waals surface area contributed by atoms with E-state index in [-0.39, 0.29) is 17.6 Å². The largest absolute Gasteiger partial charge is 0.361 e. The maximum Gasteiger partial charge on any atom is 0.162 e. The fraction of sp³-hybridized carbons (Fsp3) is 0.217. The first-order valence-corrected chi connectivity index (χ1v) is 8.93. The van der Waals surface area contributed by atoms with Gasteiger partial charge in [0.1, 0.15) is 0 Å². The Balaban J connectivity index is 1.79. The Morgan fingerprint density at radius 3 is 2.19 bits per heavy atom. The lowest BCUT2D eigenvalue weighted by Crippen LogP contribution is -2.33. The highest BCUT2D eigenvalue weighted by atomic mass is 16.1. The molecular formula is C23H20N2O. The molecule has 0 bridgehead atoms. The number of Topliss-reactive ketones (excluding diaryl/α,β-unsaturated/α-hetero) is 1. The lowest BCUT2D eigenvalue weighted by Gasteiger charge is -2.35. The Bertz CT molecular complexity index is 949. The number of ketones is 1. The Kier molecular flexibility index (Phi) is 4.18. The molecule has 0 amide bonds. The summed E-state index contributed by atoms with van der Waals surface area (Å²) >= 11 is 0. The SMILES string of the molecule is CC1=C(C#N)[C@@H](c2ccccc2)C2=C(C[C@@H](c3ccccc3)CC2=O)N1. The maximum atomic E-state index is 13.1. The molecule has 26 heavy (non-hydrogen) atoms. The number of dihydropyridines is 1. The van der Waals surface area contributed by atoms with Gasteiger partial charge in [-0.25, -0.2) is 0 Å². The number of allylic oxidation sites excluding steroid dienone is 4. The van der Waals surface area contributed by atoms with E-state index >= 15 is 0 Å². The zero-order valence-corrected chi connectivity index (χ0v) is 14.7. The van der Waals surface area contributed by atoms with Gasteiger partial charge in [0.05, 0.1) is 17.6 Å². The number of hydrogen-bond donors (Lipinski definition) is 1. The van der Waals surface area contributed by atoms with Gasteiger partial charge >= 0.3 is 0 Å². The van der Waals surface area contributed by atoms with Gasteiger partial charge in [0.2, 0.25) is 0 Å². The summed E-state index contributed by atoms with van der Waals surface area (Å²) in [6, 6.07) is 22.4. The summed E-state index contributed by atoms with van der Waals surface area (Å²) in [4.78, 5) is 13.1. The number of nitrogens with zero attached hydrogens (tertiary/aromatic N) is 1. The first-order valence-electron chi connectivity index (χ1n) is 8.93. The molecule has 1 aliphatic carbocycles. The number of rotatable bonds is 2. The average molecular weight is 340 g/mol. The molecule has 1 aliphatic heterocycles. The molecule has 0 unspecified atom stereocenters. The van der Waals surface area contributed by atoms with Crippen LogP contribution in [0.3, 0.4) is 0 Å². The van der Waals surface area contributed by atoms with Gasteiger partial charge in [-0.15, -0.1) is 0 Å². The molecule has 0 spiro atoms. The zero-order chi connectivity index (χ0) is 18.1. The van der Waals surface area contributed by atoms with Crippen LogP contribution >= 0.6 is 0 Å². The predicted octanol–water partition coefficient (Wildman–Crippen LogP) is 4.57. The van der Waals surface area contributed by atoms with E-state index in [1.807, 2.05) is 55.5 Å². The summed E-state index contributed by atoms with van der Waals surface area (Å²) in [7, 11) is 0. The van der Waals surface area contributed by atoms with Gasteiger partial charge in [0.15, 0.2) is 5.78 Å². The minimum absolute atomic E-state index is 0.140. The van der Waals surface area contributed by atoms with E-state index in [1.54, 1.807) is 0 Å². The van der Waals surface area contributed by atoms with Crippen molar-refractivity contribution in [1.29, 1.82) is 5.26 Å². The fourth-order valence-corrected chi connectivity index (χ4v) is 4.13. The standard InChI is InChI=1S/C23H20N2O/c1-15-19(14-24)22(17-10-6-3-7-11-17)23-20(25-15)12-18(13-21(23)26)16-8-4-2-5-9-16/h2-11,18,22,25H,12-13H2,1H3/t18-,22-/m1/s1. The number of hydrogen-bond acceptors (Lipinski definition) is 3. The van der Waals surface area contributed by atoms with Crippen LogP contribution in [-0.4, -0.2) is 5.78 Å². The molecule has 2 aromatic rings. The molecule has 0 fully saturated rings. The van der Waals surface area contributed by atoms with Crippen LogP contribution < -0.4 is 5.32 Å².